The monoisotopic (exact) mass is 292 g/mol. The van der Waals surface area contributed by atoms with Crippen LogP contribution in [0.5, 0.6) is 5.75 Å². The first kappa shape index (κ1) is 16.1. The highest BCUT2D eigenvalue weighted by Gasteiger charge is 2.28. The molecule has 1 aliphatic heterocycles. The van der Waals surface area contributed by atoms with Crippen LogP contribution in [-0.2, 0) is 0 Å². The Hall–Kier alpha value is -1.26. The maximum Gasteiger partial charge on any atom is 0.126 e. The lowest BCUT2D eigenvalue weighted by atomic mass is 10.1. The number of anilines is 1. The lowest BCUT2D eigenvalue weighted by Gasteiger charge is -2.28. The molecular formula is C17H28N2O2. The Bertz CT molecular complexity index is 458. The topological polar surface area (TPSA) is 35.9 Å². The number of benzene rings is 1. The molecule has 0 bridgehead atoms. The van der Waals surface area contributed by atoms with Gasteiger partial charge in [-0.15, -0.1) is 0 Å². The van der Waals surface area contributed by atoms with Crippen LogP contribution in [0.1, 0.15) is 38.9 Å². The highest BCUT2D eigenvalue weighted by Crippen LogP contribution is 2.36. The van der Waals surface area contributed by atoms with Crippen molar-refractivity contribution in [1.82, 2.24) is 4.90 Å². The Morgan fingerprint density at radius 2 is 2.10 bits per heavy atom. The second kappa shape index (κ2) is 7.14. The summed E-state index contributed by atoms with van der Waals surface area (Å²) in [4.78, 5) is 4.90. The van der Waals surface area contributed by atoms with Crippen molar-refractivity contribution in [3.8, 4) is 5.75 Å². The van der Waals surface area contributed by atoms with Gasteiger partial charge in [0.05, 0.1) is 13.2 Å². The molecule has 4 heteroatoms. The molecule has 1 unspecified atom stereocenters. The van der Waals surface area contributed by atoms with E-state index in [2.05, 4.69) is 29.7 Å². The summed E-state index contributed by atoms with van der Waals surface area (Å²) in [5.41, 5.74) is 2.01. The molecule has 1 N–H and O–H groups in total. The number of aliphatic hydroxyl groups excluding tert-OH is 1. The molecule has 1 fully saturated rings. The van der Waals surface area contributed by atoms with Crippen LogP contribution >= 0.6 is 0 Å². The van der Waals surface area contributed by atoms with Crippen LogP contribution in [-0.4, -0.2) is 49.3 Å². The zero-order valence-corrected chi connectivity index (χ0v) is 13.7. The summed E-state index contributed by atoms with van der Waals surface area (Å²) in [7, 11) is 1.66. The molecule has 4 nitrogen and oxygen atoms in total. The average molecular weight is 292 g/mol. The minimum Gasteiger partial charge on any atom is -0.496 e. The van der Waals surface area contributed by atoms with E-state index in [0.29, 0.717) is 6.04 Å². The summed E-state index contributed by atoms with van der Waals surface area (Å²) in [5.74, 6) is 0.772. The predicted octanol–water partition coefficient (Wildman–Crippen LogP) is 2.67. The van der Waals surface area contributed by atoms with Gasteiger partial charge in [0.1, 0.15) is 5.75 Å². The van der Waals surface area contributed by atoms with Gasteiger partial charge in [-0.25, -0.2) is 0 Å². The molecule has 0 saturated carbocycles. The van der Waals surface area contributed by atoms with Crippen LogP contribution in [0.3, 0.4) is 0 Å². The summed E-state index contributed by atoms with van der Waals surface area (Å²) in [5, 5.41) is 10.1. The SMILES string of the molecule is CCN(CC)C1CCN(c2cccc(OC)c2[C@H](C)O)C1. The van der Waals surface area contributed by atoms with Gasteiger partial charge in [-0.1, -0.05) is 19.9 Å². The number of methoxy groups -OCH3 is 1. The van der Waals surface area contributed by atoms with Crippen molar-refractivity contribution in [3.05, 3.63) is 23.8 Å². The minimum atomic E-state index is -0.524. The van der Waals surface area contributed by atoms with Gasteiger partial charge in [-0.3, -0.25) is 4.90 Å². The zero-order valence-electron chi connectivity index (χ0n) is 13.7. The quantitative estimate of drug-likeness (QED) is 0.874. The molecule has 0 radical (unpaired) electrons. The van der Waals surface area contributed by atoms with E-state index in [4.69, 9.17) is 4.74 Å². The molecule has 0 spiro atoms. The van der Waals surface area contributed by atoms with Crippen molar-refractivity contribution in [2.75, 3.05) is 38.2 Å². The van der Waals surface area contributed by atoms with Gasteiger partial charge in [0, 0.05) is 30.4 Å². The average Bonchev–Trinajstić information content (AvgIpc) is 2.97. The highest BCUT2D eigenvalue weighted by molar-refractivity contribution is 5.61. The third-order valence-corrected chi connectivity index (χ3v) is 4.51. The molecule has 21 heavy (non-hydrogen) atoms. The molecular weight excluding hydrogens is 264 g/mol. The van der Waals surface area contributed by atoms with Gasteiger partial charge in [0.2, 0.25) is 0 Å². The second-order valence-corrected chi connectivity index (χ2v) is 5.68. The third kappa shape index (κ3) is 3.33. The van der Waals surface area contributed by atoms with Crippen LogP contribution in [0.2, 0.25) is 0 Å². The van der Waals surface area contributed by atoms with Crippen molar-refractivity contribution in [2.24, 2.45) is 0 Å². The van der Waals surface area contributed by atoms with Crippen LogP contribution in [0, 0.1) is 0 Å². The molecule has 0 aliphatic carbocycles. The maximum absolute atomic E-state index is 10.1. The van der Waals surface area contributed by atoms with E-state index < -0.39 is 6.10 Å². The molecule has 1 heterocycles. The van der Waals surface area contributed by atoms with Crippen molar-refractivity contribution in [2.45, 2.75) is 39.3 Å². The van der Waals surface area contributed by atoms with E-state index in [1.807, 2.05) is 12.1 Å². The molecule has 0 aromatic heterocycles. The van der Waals surface area contributed by atoms with Crippen molar-refractivity contribution >= 4 is 5.69 Å². The van der Waals surface area contributed by atoms with Crippen LogP contribution in [0.4, 0.5) is 5.69 Å². The first-order valence-corrected chi connectivity index (χ1v) is 7.96. The normalized spacial score (nSPS) is 20.1. The van der Waals surface area contributed by atoms with Gasteiger partial charge >= 0.3 is 0 Å². The van der Waals surface area contributed by atoms with Crippen molar-refractivity contribution < 1.29 is 9.84 Å². The molecule has 2 atom stereocenters. The fraction of sp³-hybridized carbons (Fsp3) is 0.647. The minimum absolute atomic E-state index is 0.524. The molecule has 1 aromatic rings. The standard InChI is InChI=1S/C17H28N2O2/c1-5-18(6-2)14-10-11-19(12-14)15-8-7-9-16(21-4)17(15)13(3)20/h7-9,13-14,20H,5-6,10-12H2,1-4H3/t13-,14?/m0/s1. The molecule has 0 amide bonds. The van der Waals surface area contributed by atoms with E-state index in [1.165, 1.54) is 6.42 Å². The summed E-state index contributed by atoms with van der Waals surface area (Å²) >= 11 is 0. The van der Waals surface area contributed by atoms with Gasteiger partial charge in [-0.2, -0.15) is 0 Å². The summed E-state index contributed by atoms with van der Waals surface area (Å²) in [6.45, 7) is 10.5. The summed E-state index contributed by atoms with van der Waals surface area (Å²) < 4.78 is 5.43. The lowest BCUT2D eigenvalue weighted by molar-refractivity contribution is 0.194. The fourth-order valence-corrected chi connectivity index (χ4v) is 3.40. The zero-order chi connectivity index (χ0) is 15.4. The number of ether oxygens (including phenoxy) is 1. The Kier molecular flexibility index (Phi) is 5.48. The fourth-order valence-electron chi connectivity index (χ4n) is 3.40. The smallest absolute Gasteiger partial charge is 0.126 e. The van der Waals surface area contributed by atoms with Crippen LogP contribution < -0.4 is 9.64 Å². The number of likely N-dealkylation sites (N-methyl/N-ethyl adjacent to an activating group) is 1. The summed E-state index contributed by atoms with van der Waals surface area (Å²) in [6.07, 6.45) is 0.654. The second-order valence-electron chi connectivity index (χ2n) is 5.68. The number of aliphatic hydroxyl groups is 1. The van der Waals surface area contributed by atoms with Crippen LogP contribution in [0.25, 0.3) is 0 Å². The first-order chi connectivity index (χ1) is 10.1. The third-order valence-electron chi connectivity index (χ3n) is 4.51. The molecule has 1 aromatic carbocycles. The van der Waals surface area contributed by atoms with E-state index in [0.717, 1.165) is 43.2 Å². The van der Waals surface area contributed by atoms with E-state index >= 15 is 0 Å². The number of hydrogen-bond acceptors (Lipinski definition) is 4. The largest absolute Gasteiger partial charge is 0.496 e. The highest BCUT2D eigenvalue weighted by atomic mass is 16.5. The van der Waals surface area contributed by atoms with Gasteiger partial charge in [-0.05, 0) is 38.6 Å². The van der Waals surface area contributed by atoms with Gasteiger partial charge in [0.15, 0.2) is 0 Å². The number of nitrogens with zero attached hydrogens (tertiary/aromatic N) is 2. The summed E-state index contributed by atoms with van der Waals surface area (Å²) in [6, 6.07) is 6.62. The number of rotatable bonds is 6. The first-order valence-electron chi connectivity index (χ1n) is 7.96. The van der Waals surface area contributed by atoms with E-state index in [1.54, 1.807) is 14.0 Å². The maximum atomic E-state index is 10.1. The van der Waals surface area contributed by atoms with Gasteiger partial charge in [0.25, 0.3) is 0 Å². The van der Waals surface area contributed by atoms with E-state index in [9.17, 15) is 5.11 Å². The molecule has 118 valence electrons. The van der Waals surface area contributed by atoms with Crippen molar-refractivity contribution in [1.29, 1.82) is 0 Å². The van der Waals surface area contributed by atoms with Crippen LogP contribution in [0.15, 0.2) is 18.2 Å². The molecule has 2 rings (SSSR count). The predicted molar refractivity (Wildman–Crippen MR) is 87.2 cm³/mol. The molecule has 1 aliphatic rings. The Balaban J connectivity index is 2.24. The Morgan fingerprint density at radius 3 is 2.67 bits per heavy atom. The Labute approximate surface area is 128 Å². The molecule has 1 saturated heterocycles. The number of hydrogen-bond donors (Lipinski definition) is 1. The van der Waals surface area contributed by atoms with Gasteiger partial charge < -0.3 is 14.7 Å². The Morgan fingerprint density at radius 1 is 1.38 bits per heavy atom. The van der Waals surface area contributed by atoms with E-state index in [-0.39, 0.29) is 0 Å². The van der Waals surface area contributed by atoms with Crippen molar-refractivity contribution in [3.63, 3.8) is 0 Å². The lowest BCUT2D eigenvalue weighted by Crippen LogP contribution is -2.37.